The lowest BCUT2D eigenvalue weighted by molar-refractivity contribution is -0.135. The molecule has 0 radical (unpaired) electrons. The van der Waals surface area contributed by atoms with Crippen LogP contribution in [-0.4, -0.2) is 34.3 Å². The predicted molar refractivity (Wildman–Crippen MR) is 80.3 cm³/mol. The highest BCUT2D eigenvalue weighted by Gasteiger charge is 2.19. The van der Waals surface area contributed by atoms with Gasteiger partial charge < -0.3 is 10.2 Å². The van der Waals surface area contributed by atoms with Crippen molar-refractivity contribution in [2.45, 2.75) is 51.6 Å². The molecule has 2 rings (SSSR count). The smallest absolute Gasteiger partial charge is 0.239 e. The second-order valence-electron chi connectivity index (χ2n) is 5.64. The molecule has 0 aromatic carbocycles. The van der Waals surface area contributed by atoms with Gasteiger partial charge in [-0.1, -0.05) is 25.3 Å². The van der Waals surface area contributed by atoms with Gasteiger partial charge in [-0.05, 0) is 24.5 Å². The van der Waals surface area contributed by atoms with E-state index >= 15 is 0 Å². The first-order valence-corrected chi connectivity index (χ1v) is 7.59. The zero-order chi connectivity index (χ0) is 15.1. The van der Waals surface area contributed by atoms with Crippen molar-refractivity contribution >= 4 is 11.8 Å². The molecule has 5 nitrogen and oxygen atoms in total. The lowest BCUT2D eigenvalue weighted by Gasteiger charge is -2.25. The Morgan fingerprint density at radius 2 is 2.10 bits per heavy atom. The van der Waals surface area contributed by atoms with Gasteiger partial charge in [0, 0.05) is 31.9 Å². The first kappa shape index (κ1) is 15.5. The van der Waals surface area contributed by atoms with Crippen LogP contribution in [0.3, 0.4) is 0 Å². The van der Waals surface area contributed by atoms with Gasteiger partial charge in [0.05, 0.1) is 6.54 Å². The van der Waals surface area contributed by atoms with Gasteiger partial charge in [-0.2, -0.15) is 0 Å². The highest BCUT2D eigenvalue weighted by molar-refractivity contribution is 5.83. The summed E-state index contributed by atoms with van der Waals surface area (Å²) in [5.41, 5.74) is 0.929. The third-order valence-electron chi connectivity index (χ3n) is 3.85. The number of hydrogen-bond acceptors (Lipinski definition) is 3. The average Bonchev–Trinajstić information content (AvgIpc) is 2.48. The lowest BCUT2D eigenvalue weighted by atomic mass is 9.95. The largest absolute Gasteiger partial charge is 0.352 e. The molecule has 1 N–H and O–H groups in total. The van der Waals surface area contributed by atoms with Gasteiger partial charge in [-0.25, -0.2) is 0 Å². The number of aromatic nitrogens is 1. The van der Waals surface area contributed by atoms with E-state index in [9.17, 15) is 9.59 Å². The number of pyridine rings is 1. The Morgan fingerprint density at radius 3 is 2.71 bits per heavy atom. The summed E-state index contributed by atoms with van der Waals surface area (Å²) in [6.07, 6.45) is 9.12. The summed E-state index contributed by atoms with van der Waals surface area (Å²) in [5.74, 6) is -0.168. The number of nitrogens with zero attached hydrogens (tertiary/aromatic N) is 2. The molecule has 0 saturated heterocycles. The Hall–Kier alpha value is -1.91. The van der Waals surface area contributed by atoms with Crippen LogP contribution in [0, 0.1) is 0 Å². The Labute approximate surface area is 125 Å². The quantitative estimate of drug-likeness (QED) is 0.900. The molecule has 1 aliphatic carbocycles. The molecule has 1 aromatic rings. The molecule has 1 aromatic heterocycles. The Morgan fingerprint density at radius 1 is 1.33 bits per heavy atom. The molecule has 5 heteroatoms. The fourth-order valence-corrected chi connectivity index (χ4v) is 2.68. The van der Waals surface area contributed by atoms with Crippen LogP contribution in [0.5, 0.6) is 0 Å². The molecule has 1 heterocycles. The first-order chi connectivity index (χ1) is 10.1. The number of hydrogen-bond donors (Lipinski definition) is 1. The van der Waals surface area contributed by atoms with Gasteiger partial charge in [0.25, 0.3) is 0 Å². The molecule has 1 aliphatic rings. The molecular formula is C16H23N3O2. The lowest BCUT2D eigenvalue weighted by Crippen LogP contribution is -2.43. The predicted octanol–water partition coefficient (Wildman–Crippen LogP) is 1.88. The van der Waals surface area contributed by atoms with Crippen molar-refractivity contribution in [1.29, 1.82) is 0 Å². The zero-order valence-corrected chi connectivity index (χ0v) is 12.5. The average molecular weight is 289 g/mol. The summed E-state index contributed by atoms with van der Waals surface area (Å²) >= 11 is 0. The third kappa shape index (κ3) is 5.17. The molecule has 0 aliphatic heterocycles. The molecule has 0 atom stereocenters. The SMILES string of the molecule is CC(=O)N(CC(=O)NC1CCCCC1)Cc1cccnc1. The van der Waals surface area contributed by atoms with Gasteiger partial charge in [-0.15, -0.1) is 0 Å². The maximum atomic E-state index is 12.1. The Balaban J connectivity index is 1.86. The first-order valence-electron chi connectivity index (χ1n) is 7.59. The van der Waals surface area contributed by atoms with Crippen LogP contribution in [0.25, 0.3) is 0 Å². The van der Waals surface area contributed by atoms with E-state index in [1.807, 2.05) is 12.1 Å². The monoisotopic (exact) mass is 289 g/mol. The van der Waals surface area contributed by atoms with Crippen LogP contribution in [0.1, 0.15) is 44.6 Å². The second kappa shape index (κ2) is 7.76. The number of carbonyl (C=O) groups excluding carboxylic acids is 2. The Kier molecular flexibility index (Phi) is 5.72. The normalized spacial score (nSPS) is 15.5. The summed E-state index contributed by atoms with van der Waals surface area (Å²) in [5, 5.41) is 3.04. The van der Waals surface area contributed by atoms with E-state index in [1.54, 1.807) is 17.3 Å². The zero-order valence-electron chi connectivity index (χ0n) is 12.5. The highest BCUT2D eigenvalue weighted by atomic mass is 16.2. The summed E-state index contributed by atoms with van der Waals surface area (Å²) in [4.78, 5) is 29.4. The van der Waals surface area contributed by atoms with Gasteiger partial charge in [0.1, 0.15) is 0 Å². The van der Waals surface area contributed by atoms with Crippen molar-refractivity contribution in [3.8, 4) is 0 Å². The van der Waals surface area contributed by atoms with E-state index in [0.29, 0.717) is 6.54 Å². The van der Waals surface area contributed by atoms with Gasteiger partial charge in [-0.3, -0.25) is 14.6 Å². The van der Waals surface area contributed by atoms with Crippen LogP contribution in [0.4, 0.5) is 0 Å². The topological polar surface area (TPSA) is 62.3 Å². The maximum absolute atomic E-state index is 12.1. The van der Waals surface area contributed by atoms with E-state index in [0.717, 1.165) is 18.4 Å². The molecule has 1 fully saturated rings. The van der Waals surface area contributed by atoms with Crippen molar-refractivity contribution in [1.82, 2.24) is 15.2 Å². The van der Waals surface area contributed by atoms with E-state index in [-0.39, 0.29) is 24.4 Å². The maximum Gasteiger partial charge on any atom is 0.239 e. The van der Waals surface area contributed by atoms with Crippen molar-refractivity contribution in [3.05, 3.63) is 30.1 Å². The summed E-state index contributed by atoms with van der Waals surface area (Å²) in [6.45, 7) is 2.02. The molecule has 21 heavy (non-hydrogen) atoms. The number of rotatable bonds is 5. The minimum Gasteiger partial charge on any atom is -0.352 e. The highest BCUT2D eigenvalue weighted by Crippen LogP contribution is 2.17. The minimum atomic E-state index is -0.0994. The van der Waals surface area contributed by atoms with Crippen molar-refractivity contribution in [2.75, 3.05) is 6.54 Å². The van der Waals surface area contributed by atoms with E-state index in [2.05, 4.69) is 10.3 Å². The standard InChI is InChI=1S/C16H23N3O2/c1-13(20)19(11-14-6-5-9-17-10-14)12-16(21)18-15-7-3-2-4-8-15/h5-6,9-10,15H,2-4,7-8,11-12H2,1H3,(H,18,21). The molecule has 1 saturated carbocycles. The summed E-state index contributed by atoms with van der Waals surface area (Å²) < 4.78 is 0. The summed E-state index contributed by atoms with van der Waals surface area (Å²) in [7, 11) is 0. The van der Waals surface area contributed by atoms with Crippen LogP contribution in [0.15, 0.2) is 24.5 Å². The van der Waals surface area contributed by atoms with Crippen LogP contribution in [0.2, 0.25) is 0 Å². The minimum absolute atomic E-state index is 0.0685. The van der Waals surface area contributed by atoms with Gasteiger partial charge in [0.15, 0.2) is 0 Å². The van der Waals surface area contributed by atoms with Gasteiger partial charge in [0.2, 0.25) is 11.8 Å². The molecule has 2 amide bonds. The fourth-order valence-electron chi connectivity index (χ4n) is 2.68. The van der Waals surface area contributed by atoms with Crippen LogP contribution in [-0.2, 0) is 16.1 Å². The van der Waals surface area contributed by atoms with E-state index in [1.165, 1.54) is 26.2 Å². The van der Waals surface area contributed by atoms with E-state index < -0.39 is 0 Å². The third-order valence-corrected chi connectivity index (χ3v) is 3.85. The number of amides is 2. The molecule has 0 spiro atoms. The number of nitrogens with one attached hydrogen (secondary N) is 1. The van der Waals surface area contributed by atoms with E-state index in [4.69, 9.17) is 0 Å². The molecular weight excluding hydrogens is 266 g/mol. The van der Waals surface area contributed by atoms with Crippen molar-refractivity contribution < 1.29 is 9.59 Å². The molecule has 114 valence electrons. The fraction of sp³-hybridized carbons (Fsp3) is 0.562. The van der Waals surface area contributed by atoms with Gasteiger partial charge >= 0.3 is 0 Å². The van der Waals surface area contributed by atoms with Crippen molar-refractivity contribution in [2.24, 2.45) is 0 Å². The molecule has 0 bridgehead atoms. The summed E-state index contributed by atoms with van der Waals surface area (Å²) in [6, 6.07) is 4.01. The molecule has 0 unspecified atom stereocenters. The van der Waals surface area contributed by atoms with Crippen molar-refractivity contribution in [3.63, 3.8) is 0 Å². The van der Waals surface area contributed by atoms with Crippen LogP contribution < -0.4 is 5.32 Å². The number of carbonyl (C=O) groups is 2. The Bertz CT molecular complexity index is 470. The van der Waals surface area contributed by atoms with Crippen LogP contribution >= 0.6 is 0 Å². The second-order valence-corrected chi connectivity index (χ2v) is 5.64.